The highest BCUT2D eigenvalue weighted by molar-refractivity contribution is 5.94. The van der Waals surface area contributed by atoms with Crippen LogP contribution in [0.25, 0.3) is 0 Å². The molecule has 0 radical (unpaired) electrons. The summed E-state index contributed by atoms with van der Waals surface area (Å²) < 4.78 is 0. The van der Waals surface area contributed by atoms with Gasteiger partial charge in [0.25, 0.3) is 5.91 Å². The number of amides is 1. The van der Waals surface area contributed by atoms with Gasteiger partial charge in [0.1, 0.15) is 5.69 Å². The van der Waals surface area contributed by atoms with Gasteiger partial charge < -0.3 is 10.4 Å². The van der Waals surface area contributed by atoms with Crippen molar-refractivity contribution in [2.24, 2.45) is 5.41 Å². The van der Waals surface area contributed by atoms with Crippen molar-refractivity contribution in [2.45, 2.75) is 26.2 Å². The molecule has 4 heteroatoms. The molecule has 0 bridgehead atoms. The number of aromatic nitrogens is 1. The lowest BCUT2D eigenvalue weighted by atomic mass is 10.1. The van der Waals surface area contributed by atoms with Crippen molar-refractivity contribution in [1.82, 2.24) is 10.3 Å². The van der Waals surface area contributed by atoms with Gasteiger partial charge in [0.05, 0.1) is 12.2 Å². The summed E-state index contributed by atoms with van der Waals surface area (Å²) >= 11 is 0. The molecule has 4 nitrogen and oxygen atoms in total. The second kappa shape index (κ2) is 5.85. The fourth-order valence-electron chi connectivity index (χ4n) is 1.67. The first kappa shape index (κ1) is 13.6. The lowest BCUT2D eigenvalue weighted by molar-refractivity contribution is 0.0941. The molecule has 1 aromatic heterocycles. The van der Waals surface area contributed by atoms with Gasteiger partial charge in [-0.15, -0.1) is 0 Å². The Balaban J connectivity index is 2.06. The predicted octanol–water partition coefficient (Wildman–Crippen LogP) is 1.35. The summed E-state index contributed by atoms with van der Waals surface area (Å²) in [6.45, 7) is 2.87. The maximum Gasteiger partial charge on any atom is 0.271 e. The van der Waals surface area contributed by atoms with Crippen LogP contribution in [0.1, 0.15) is 42.2 Å². The number of carbonyl (C=O) groups is 1. The van der Waals surface area contributed by atoms with Crippen LogP contribution in [-0.4, -0.2) is 29.1 Å². The fourth-order valence-corrected chi connectivity index (χ4v) is 1.67. The summed E-state index contributed by atoms with van der Waals surface area (Å²) in [6, 6.07) is 3.52. The molecule has 1 aliphatic carbocycles. The number of aliphatic hydroxyl groups is 1. The molecule has 1 amide bonds. The zero-order valence-corrected chi connectivity index (χ0v) is 11.1. The Bertz CT molecular complexity index is 524. The van der Waals surface area contributed by atoms with Crippen LogP contribution < -0.4 is 5.32 Å². The van der Waals surface area contributed by atoms with Crippen LogP contribution in [0.3, 0.4) is 0 Å². The van der Waals surface area contributed by atoms with Gasteiger partial charge in [-0.1, -0.05) is 18.8 Å². The number of pyridine rings is 1. The molecule has 0 aliphatic heterocycles. The first-order valence-electron chi connectivity index (χ1n) is 6.48. The van der Waals surface area contributed by atoms with E-state index in [9.17, 15) is 4.79 Å². The molecule has 100 valence electrons. The Morgan fingerprint density at radius 2 is 2.37 bits per heavy atom. The molecular weight excluding hydrogens is 240 g/mol. The van der Waals surface area contributed by atoms with E-state index in [0.717, 1.165) is 0 Å². The Kier molecular flexibility index (Phi) is 4.18. The number of nitrogens with zero attached hydrogens (tertiary/aromatic N) is 1. The topological polar surface area (TPSA) is 62.2 Å². The first-order valence-corrected chi connectivity index (χ1v) is 6.48. The number of aliphatic hydroxyl groups excluding tert-OH is 1. The Morgan fingerprint density at radius 1 is 1.58 bits per heavy atom. The quantitative estimate of drug-likeness (QED) is 0.801. The van der Waals surface area contributed by atoms with Crippen LogP contribution in [0, 0.1) is 17.3 Å². The van der Waals surface area contributed by atoms with Gasteiger partial charge in [0.2, 0.25) is 0 Å². The highest BCUT2D eigenvalue weighted by atomic mass is 16.2. The Hall–Kier alpha value is -1.86. The SMILES string of the molecule is CC1(CNC(=O)c2ncccc2C#CCCO)CC1. The third-order valence-corrected chi connectivity index (χ3v) is 3.26. The van der Waals surface area contributed by atoms with Crippen molar-refractivity contribution >= 4 is 5.91 Å². The average Bonchev–Trinajstić information content (AvgIpc) is 3.15. The van der Waals surface area contributed by atoms with Crippen LogP contribution in [0.15, 0.2) is 18.3 Å². The molecule has 1 aromatic rings. The van der Waals surface area contributed by atoms with E-state index in [4.69, 9.17) is 5.11 Å². The fraction of sp³-hybridized carbons (Fsp3) is 0.467. The summed E-state index contributed by atoms with van der Waals surface area (Å²) in [5, 5.41) is 11.6. The zero-order valence-electron chi connectivity index (χ0n) is 11.1. The van der Waals surface area contributed by atoms with E-state index in [2.05, 4.69) is 29.1 Å². The molecule has 0 atom stereocenters. The minimum atomic E-state index is -0.179. The molecule has 0 saturated heterocycles. The second-order valence-corrected chi connectivity index (χ2v) is 5.17. The van der Waals surface area contributed by atoms with E-state index in [-0.39, 0.29) is 17.9 Å². The molecule has 2 N–H and O–H groups in total. The van der Waals surface area contributed by atoms with Gasteiger partial charge in [-0.2, -0.15) is 0 Å². The molecule has 2 rings (SSSR count). The van der Waals surface area contributed by atoms with Gasteiger partial charge >= 0.3 is 0 Å². The Morgan fingerprint density at radius 3 is 3.05 bits per heavy atom. The highest BCUT2D eigenvalue weighted by Gasteiger charge is 2.37. The van der Waals surface area contributed by atoms with Gasteiger partial charge in [-0.05, 0) is 30.4 Å². The van der Waals surface area contributed by atoms with E-state index in [1.807, 2.05) is 0 Å². The van der Waals surface area contributed by atoms with Crippen LogP contribution in [0.2, 0.25) is 0 Å². The van der Waals surface area contributed by atoms with E-state index in [1.54, 1.807) is 18.3 Å². The number of hydrogen-bond donors (Lipinski definition) is 2. The molecule has 1 saturated carbocycles. The molecule has 1 fully saturated rings. The van der Waals surface area contributed by atoms with Crippen LogP contribution in [-0.2, 0) is 0 Å². The molecule has 19 heavy (non-hydrogen) atoms. The summed E-state index contributed by atoms with van der Waals surface area (Å²) in [6.07, 6.45) is 4.32. The Labute approximate surface area is 113 Å². The molecule has 0 spiro atoms. The number of rotatable bonds is 4. The van der Waals surface area contributed by atoms with Crippen molar-refractivity contribution in [3.05, 3.63) is 29.6 Å². The molecule has 1 aliphatic rings. The van der Waals surface area contributed by atoms with Crippen molar-refractivity contribution in [3.63, 3.8) is 0 Å². The lowest BCUT2D eigenvalue weighted by Crippen LogP contribution is -2.30. The molecular formula is C15H18N2O2. The third kappa shape index (κ3) is 3.80. The minimum absolute atomic E-state index is 0.0210. The van der Waals surface area contributed by atoms with E-state index >= 15 is 0 Å². The zero-order chi connectivity index (χ0) is 13.7. The van der Waals surface area contributed by atoms with Crippen molar-refractivity contribution in [2.75, 3.05) is 13.2 Å². The monoisotopic (exact) mass is 258 g/mol. The van der Waals surface area contributed by atoms with Crippen molar-refractivity contribution in [1.29, 1.82) is 0 Å². The van der Waals surface area contributed by atoms with E-state index in [1.165, 1.54) is 12.8 Å². The van der Waals surface area contributed by atoms with E-state index in [0.29, 0.717) is 24.2 Å². The van der Waals surface area contributed by atoms with E-state index < -0.39 is 0 Å². The second-order valence-electron chi connectivity index (χ2n) is 5.17. The number of nitrogens with one attached hydrogen (secondary N) is 1. The van der Waals surface area contributed by atoms with Crippen LogP contribution in [0.5, 0.6) is 0 Å². The van der Waals surface area contributed by atoms with Crippen LogP contribution in [0.4, 0.5) is 0 Å². The summed E-state index contributed by atoms with van der Waals surface area (Å²) in [7, 11) is 0. The van der Waals surface area contributed by atoms with Crippen molar-refractivity contribution in [3.8, 4) is 11.8 Å². The smallest absolute Gasteiger partial charge is 0.271 e. The number of hydrogen-bond acceptors (Lipinski definition) is 3. The first-order chi connectivity index (χ1) is 9.14. The molecule has 1 heterocycles. The molecule has 0 aromatic carbocycles. The minimum Gasteiger partial charge on any atom is -0.395 e. The summed E-state index contributed by atoms with van der Waals surface area (Å²) in [4.78, 5) is 16.2. The predicted molar refractivity (Wildman–Crippen MR) is 72.5 cm³/mol. The third-order valence-electron chi connectivity index (χ3n) is 3.26. The maximum absolute atomic E-state index is 12.1. The van der Waals surface area contributed by atoms with Crippen molar-refractivity contribution < 1.29 is 9.90 Å². The van der Waals surface area contributed by atoms with Crippen LogP contribution >= 0.6 is 0 Å². The largest absolute Gasteiger partial charge is 0.395 e. The summed E-state index contributed by atoms with van der Waals surface area (Å²) in [5.74, 6) is 5.51. The number of carbonyl (C=O) groups excluding carboxylic acids is 1. The van der Waals surface area contributed by atoms with Gasteiger partial charge in [-0.3, -0.25) is 4.79 Å². The normalized spacial score (nSPS) is 15.3. The average molecular weight is 258 g/mol. The highest BCUT2D eigenvalue weighted by Crippen LogP contribution is 2.44. The maximum atomic E-state index is 12.1. The molecule has 0 unspecified atom stereocenters. The van der Waals surface area contributed by atoms with Gasteiger partial charge in [0.15, 0.2) is 0 Å². The van der Waals surface area contributed by atoms with Gasteiger partial charge in [-0.25, -0.2) is 4.98 Å². The van der Waals surface area contributed by atoms with Gasteiger partial charge in [0, 0.05) is 19.2 Å². The standard InChI is InChI=1S/C15H18N2O2/c1-15(7-8-15)11-17-14(19)13-12(5-2-3-10-18)6-4-9-16-13/h4,6,9,18H,3,7-8,10-11H2,1H3,(H,17,19). The summed E-state index contributed by atoms with van der Waals surface area (Å²) in [5.41, 5.74) is 1.24. The lowest BCUT2D eigenvalue weighted by Gasteiger charge is -2.10.